The maximum absolute atomic E-state index is 12.2. The highest BCUT2D eigenvalue weighted by atomic mass is 79.9. The first-order valence-corrected chi connectivity index (χ1v) is 7.71. The van der Waals surface area contributed by atoms with Crippen LogP contribution in [0.3, 0.4) is 0 Å². The third-order valence-electron chi connectivity index (χ3n) is 3.05. The summed E-state index contributed by atoms with van der Waals surface area (Å²) in [5.74, 6) is -0.219. The zero-order valence-corrected chi connectivity index (χ0v) is 14.3. The summed E-state index contributed by atoms with van der Waals surface area (Å²) in [6.45, 7) is 5.43. The molecule has 8 heteroatoms. The smallest absolute Gasteiger partial charge is 0.429 e. The van der Waals surface area contributed by atoms with Crippen molar-refractivity contribution >= 4 is 33.9 Å². The molecule has 1 aliphatic rings. The lowest BCUT2D eigenvalue weighted by Crippen LogP contribution is -2.59. The van der Waals surface area contributed by atoms with Gasteiger partial charge in [-0.25, -0.2) is 20.0 Å². The average Bonchev–Trinajstić information content (AvgIpc) is 2.48. The lowest BCUT2D eigenvalue weighted by atomic mass is 9.90. The Balaban J connectivity index is 3.16. The van der Waals surface area contributed by atoms with Gasteiger partial charge in [0.15, 0.2) is 5.78 Å². The molecule has 0 aromatic rings. The molecular weight excluding hydrogens is 356 g/mol. The molecule has 0 aromatic carbocycles. The van der Waals surface area contributed by atoms with Gasteiger partial charge in [0.1, 0.15) is 5.54 Å². The summed E-state index contributed by atoms with van der Waals surface area (Å²) >= 11 is 3.16. The number of hydrogen-bond acceptors (Lipinski definition) is 5. The fourth-order valence-electron chi connectivity index (χ4n) is 1.92. The van der Waals surface area contributed by atoms with E-state index in [0.717, 1.165) is 5.01 Å². The van der Waals surface area contributed by atoms with Gasteiger partial charge in [-0.15, -0.1) is 0 Å². The Morgan fingerprint density at radius 3 is 2.41 bits per heavy atom. The molecule has 0 fully saturated rings. The van der Waals surface area contributed by atoms with Gasteiger partial charge in [0, 0.05) is 0 Å². The molecule has 0 spiro atoms. The van der Waals surface area contributed by atoms with Crippen LogP contribution in [-0.2, 0) is 14.3 Å². The predicted molar refractivity (Wildman–Crippen MR) is 83.2 cm³/mol. The lowest BCUT2D eigenvalue weighted by Gasteiger charge is -2.38. The van der Waals surface area contributed by atoms with Crippen LogP contribution in [0.2, 0.25) is 0 Å². The Hall–Kier alpha value is -1.83. The maximum atomic E-state index is 12.2. The van der Waals surface area contributed by atoms with Crippen molar-refractivity contribution in [1.82, 2.24) is 10.4 Å². The topological polar surface area (TPSA) is 84.9 Å². The van der Waals surface area contributed by atoms with E-state index in [1.807, 2.05) is 6.92 Å². The molecule has 1 rings (SSSR count). The van der Waals surface area contributed by atoms with Gasteiger partial charge >= 0.3 is 12.2 Å². The molecule has 7 nitrogen and oxygen atoms in total. The van der Waals surface area contributed by atoms with E-state index in [2.05, 4.69) is 21.4 Å². The first kappa shape index (κ1) is 18.2. The fourth-order valence-corrected chi connectivity index (χ4v) is 2.45. The number of carbonyl (C=O) groups excluding carboxylic acids is 3. The highest BCUT2D eigenvalue weighted by Crippen LogP contribution is 2.30. The normalized spacial score (nSPS) is 20.2. The third kappa shape index (κ3) is 4.09. The minimum absolute atomic E-state index is 0.146. The standard InChI is InChI=1S/C14H19BrN2O5/c1-4-14(8-7-11(18)10(15)9-14)17(13(20)22-6-3)16-12(19)21-5-2/h7-9H,4-6H2,1-3H3,(H,16,19). The van der Waals surface area contributed by atoms with Crippen molar-refractivity contribution in [2.24, 2.45) is 0 Å². The Morgan fingerprint density at radius 1 is 1.27 bits per heavy atom. The summed E-state index contributed by atoms with van der Waals surface area (Å²) in [6, 6.07) is 0. The fraction of sp³-hybridized carbons (Fsp3) is 0.500. The Morgan fingerprint density at radius 2 is 1.91 bits per heavy atom. The van der Waals surface area contributed by atoms with Gasteiger partial charge in [0.05, 0.1) is 17.7 Å². The van der Waals surface area contributed by atoms with E-state index in [4.69, 9.17) is 9.47 Å². The van der Waals surface area contributed by atoms with E-state index in [9.17, 15) is 14.4 Å². The van der Waals surface area contributed by atoms with Crippen molar-refractivity contribution < 1.29 is 23.9 Å². The van der Waals surface area contributed by atoms with Crippen LogP contribution in [0, 0.1) is 0 Å². The first-order chi connectivity index (χ1) is 10.4. The minimum Gasteiger partial charge on any atom is -0.449 e. The first-order valence-electron chi connectivity index (χ1n) is 6.92. The number of nitrogens with zero attached hydrogens (tertiary/aromatic N) is 1. The summed E-state index contributed by atoms with van der Waals surface area (Å²) < 4.78 is 10.1. The highest BCUT2D eigenvalue weighted by Gasteiger charge is 2.40. The Bertz CT molecular complexity index is 517. The van der Waals surface area contributed by atoms with E-state index in [1.54, 1.807) is 26.0 Å². The number of carbonyl (C=O) groups is 3. The van der Waals surface area contributed by atoms with Crippen LogP contribution >= 0.6 is 15.9 Å². The van der Waals surface area contributed by atoms with E-state index >= 15 is 0 Å². The quantitative estimate of drug-likeness (QED) is 0.764. The third-order valence-corrected chi connectivity index (χ3v) is 3.67. The average molecular weight is 375 g/mol. The van der Waals surface area contributed by atoms with Gasteiger partial charge in [0.25, 0.3) is 0 Å². The Kier molecular flexibility index (Phi) is 6.61. The number of amides is 2. The summed E-state index contributed by atoms with van der Waals surface area (Å²) in [5.41, 5.74) is 1.35. The van der Waals surface area contributed by atoms with E-state index in [-0.39, 0.29) is 19.0 Å². The van der Waals surface area contributed by atoms with Gasteiger partial charge in [0.2, 0.25) is 0 Å². The highest BCUT2D eigenvalue weighted by molar-refractivity contribution is 9.12. The molecule has 0 bridgehead atoms. The summed E-state index contributed by atoms with van der Waals surface area (Å²) in [5, 5.41) is 1.03. The van der Waals surface area contributed by atoms with Crippen molar-refractivity contribution in [3.8, 4) is 0 Å². The molecule has 122 valence electrons. The van der Waals surface area contributed by atoms with Crippen molar-refractivity contribution in [3.63, 3.8) is 0 Å². The number of nitrogens with one attached hydrogen (secondary N) is 1. The van der Waals surface area contributed by atoms with Crippen LogP contribution in [0.15, 0.2) is 22.7 Å². The lowest BCUT2D eigenvalue weighted by molar-refractivity contribution is -0.110. The van der Waals surface area contributed by atoms with Crippen molar-refractivity contribution in [3.05, 3.63) is 22.7 Å². The number of ketones is 1. The van der Waals surface area contributed by atoms with Crippen molar-refractivity contribution in [1.29, 1.82) is 0 Å². The molecule has 0 heterocycles. The monoisotopic (exact) mass is 374 g/mol. The molecule has 1 aliphatic carbocycles. The van der Waals surface area contributed by atoms with Crippen molar-refractivity contribution in [2.45, 2.75) is 32.7 Å². The molecule has 0 saturated carbocycles. The molecule has 0 radical (unpaired) electrons. The second-order valence-corrected chi connectivity index (χ2v) is 5.26. The Labute approximate surface area is 137 Å². The maximum Gasteiger partial charge on any atom is 0.429 e. The molecule has 0 aliphatic heterocycles. The molecule has 1 unspecified atom stereocenters. The van der Waals surface area contributed by atoms with Gasteiger partial charge in [-0.2, -0.15) is 0 Å². The molecule has 2 amide bonds. The number of hydrogen-bond donors (Lipinski definition) is 1. The zero-order chi connectivity index (χ0) is 16.8. The minimum atomic E-state index is -1.02. The number of rotatable bonds is 4. The summed E-state index contributed by atoms with van der Waals surface area (Å²) in [4.78, 5) is 35.5. The second kappa shape index (κ2) is 7.98. The molecular formula is C14H19BrN2O5. The van der Waals surface area contributed by atoms with Gasteiger partial charge in [-0.3, -0.25) is 4.79 Å². The van der Waals surface area contributed by atoms with Gasteiger partial charge in [-0.05, 0) is 54.4 Å². The van der Waals surface area contributed by atoms with Crippen LogP contribution < -0.4 is 5.43 Å². The van der Waals surface area contributed by atoms with Crippen LogP contribution in [0.5, 0.6) is 0 Å². The summed E-state index contributed by atoms with van der Waals surface area (Å²) in [7, 11) is 0. The second-order valence-electron chi connectivity index (χ2n) is 4.40. The predicted octanol–water partition coefficient (Wildman–Crippen LogP) is 2.67. The number of ether oxygens (including phenoxy) is 2. The van der Waals surface area contributed by atoms with E-state index in [1.165, 1.54) is 6.08 Å². The largest absolute Gasteiger partial charge is 0.449 e. The number of halogens is 1. The van der Waals surface area contributed by atoms with E-state index < -0.39 is 17.7 Å². The van der Waals surface area contributed by atoms with E-state index in [0.29, 0.717) is 10.9 Å². The van der Waals surface area contributed by atoms with Crippen LogP contribution in [0.25, 0.3) is 0 Å². The van der Waals surface area contributed by atoms with Crippen molar-refractivity contribution in [2.75, 3.05) is 13.2 Å². The molecule has 0 saturated heterocycles. The summed E-state index contributed by atoms with van der Waals surface area (Å²) in [6.07, 6.45) is 3.33. The van der Waals surface area contributed by atoms with Crippen LogP contribution in [-0.4, -0.2) is 41.7 Å². The molecule has 22 heavy (non-hydrogen) atoms. The van der Waals surface area contributed by atoms with Crippen LogP contribution in [0.1, 0.15) is 27.2 Å². The van der Waals surface area contributed by atoms with Gasteiger partial charge in [-0.1, -0.05) is 6.92 Å². The molecule has 0 aromatic heterocycles. The molecule has 1 atom stereocenters. The number of allylic oxidation sites excluding steroid dienone is 2. The SMILES string of the molecule is CCOC(=O)NN(C(=O)OCC)C1(CC)C=CC(=O)C(Br)=C1. The zero-order valence-electron chi connectivity index (χ0n) is 12.7. The van der Waals surface area contributed by atoms with Gasteiger partial charge < -0.3 is 9.47 Å². The van der Waals surface area contributed by atoms with Crippen LogP contribution in [0.4, 0.5) is 9.59 Å². The molecule has 1 N–H and O–H groups in total. The number of hydrazine groups is 1.